The van der Waals surface area contributed by atoms with Gasteiger partial charge < -0.3 is 10.4 Å². The van der Waals surface area contributed by atoms with Crippen LogP contribution in [0, 0.1) is 0 Å². The lowest BCUT2D eigenvalue weighted by Gasteiger charge is -2.19. The summed E-state index contributed by atoms with van der Waals surface area (Å²) in [6.45, 7) is 1.42. The number of nitrogens with one attached hydrogen (secondary N) is 2. The third-order valence-electron chi connectivity index (χ3n) is 4.23. The summed E-state index contributed by atoms with van der Waals surface area (Å²) in [5, 5.41) is 12.8. The Balaban J connectivity index is 1.71. The number of aliphatic hydroxyl groups excluding tert-OH is 1. The molecule has 3 N–H and O–H groups in total. The summed E-state index contributed by atoms with van der Waals surface area (Å²) in [6, 6.07) is 11.5. The van der Waals surface area contributed by atoms with Gasteiger partial charge in [0.2, 0.25) is 5.91 Å². The van der Waals surface area contributed by atoms with E-state index in [-0.39, 0.29) is 24.5 Å². The normalized spacial score (nSPS) is 17.1. The fourth-order valence-electron chi connectivity index (χ4n) is 2.83. The van der Waals surface area contributed by atoms with Gasteiger partial charge in [-0.2, -0.15) is 0 Å². The summed E-state index contributed by atoms with van der Waals surface area (Å²) < 4.78 is 3.25. The lowest BCUT2D eigenvalue weighted by molar-refractivity contribution is -0.117. The number of carbonyl (C=O) groups excluding carboxylic acids is 1. The summed E-state index contributed by atoms with van der Waals surface area (Å²) in [6.07, 6.45) is 5.98. The smallest absolute Gasteiger partial charge is 0.222 e. The van der Waals surface area contributed by atoms with Gasteiger partial charge in [-0.15, -0.1) is 0 Å². The molecule has 0 saturated carbocycles. The van der Waals surface area contributed by atoms with E-state index in [1.807, 2.05) is 42.5 Å². The zero-order valence-corrected chi connectivity index (χ0v) is 16.9. The van der Waals surface area contributed by atoms with Crippen molar-refractivity contribution in [1.29, 1.82) is 0 Å². The molecule has 2 unspecified atom stereocenters. The van der Waals surface area contributed by atoms with Crippen LogP contribution in [-0.2, 0) is 4.79 Å². The van der Waals surface area contributed by atoms with Crippen molar-refractivity contribution in [2.45, 2.75) is 30.2 Å². The number of halogens is 1. The molecule has 2 aromatic rings. The maximum Gasteiger partial charge on any atom is 0.222 e. The number of rotatable bonds is 6. The van der Waals surface area contributed by atoms with Crippen molar-refractivity contribution in [2.75, 3.05) is 6.61 Å². The predicted molar refractivity (Wildman–Crippen MR) is 112 cm³/mol. The highest BCUT2D eigenvalue weighted by Crippen LogP contribution is 2.31. The lowest BCUT2D eigenvalue weighted by Crippen LogP contribution is -2.30. The van der Waals surface area contributed by atoms with Gasteiger partial charge in [0.05, 0.1) is 17.5 Å². The number of amides is 1. The molecular formula is C20H21ClN4O2S. The van der Waals surface area contributed by atoms with E-state index in [0.717, 1.165) is 16.0 Å². The van der Waals surface area contributed by atoms with Gasteiger partial charge in [-0.3, -0.25) is 4.79 Å². The van der Waals surface area contributed by atoms with Crippen LogP contribution in [0.5, 0.6) is 0 Å². The average molecular weight is 417 g/mol. The van der Waals surface area contributed by atoms with Crippen LogP contribution >= 0.6 is 23.5 Å². The highest BCUT2D eigenvalue weighted by atomic mass is 35.5. The largest absolute Gasteiger partial charge is 0.394 e. The lowest BCUT2D eigenvalue weighted by atomic mass is 9.95. The second-order valence-corrected chi connectivity index (χ2v) is 7.57. The third-order valence-corrected chi connectivity index (χ3v) is 5.58. The molecule has 28 heavy (non-hydrogen) atoms. The zero-order valence-electron chi connectivity index (χ0n) is 15.3. The molecule has 1 aromatic heterocycles. The van der Waals surface area contributed by atoms with Crippen molar-refractivity contribution < 1.29 is 9.90 Å². The highest BCUT2D eigenvalue weighted by molar-refractivity contribution is 7.97. The van der Waals surface area contributed by atoms with Crippen LogP contribution < -0.4 is 10.0 Å². The minimum absolute atomic E-state index is 0.0380. The molecule has 0 spiro atoms. The van der Waals surface area contributed by atoms with Crippen molar-refractivity contribution in [1.82, 2.24) is 15.0 Å². The number of hydrogen-bond donors (Lipinski definition) is 3. The van der Waals surface area contributed by atoms with E-state index >= 15 is 0 Å². The number of hydrogen-bond acceptors (Lipinski definition) is 6. The van der Waals surface area contributed by atoms with Crippen molar-refractivity contribution in [3.05, 3.63) is 71.2 Å². The van der Waals surface area contributed by atoms with Gasteiger partial charge in [-0.25, -0.2) is 14.7 Å². The average Bonchev–Trinajstić information content (AvgIpc) is 2.70. The standard InChI is InChI=1S/C20H21ClN4O2S/c1-13(27)24-19-10-15(7-8-22-19)16-9-18(20(21)23-11-16)28-25-17(12-26)14-5-3-2-4-6-14/h2-9,11,15,17,25-26H,10,12H2,1H3,(H,22,24,27). The van der Waals surface area contributed by atoms with Gasteiger partial charge in [0, 0.05) is 31.7 Å². The van der Waals surface area contributed by atoms with Gasteiger partial charge in [0.25, 0.3) is 0 Å². The summed E-state index contributed by atoms with van der Waals surface area (Å²) in [4.78, 5) is 20.5. The summed E-state index contributed by atoms with van der Waals surface area (Å²) in [5.41, 5.74) is 1.96. The van der Waals surface area contributed by atoms with Crippen LogP contribution in [0.1, 0.15) is 36.4 Å². The Labute approximate surface area is 173 Å². The maximum absolute atomic E-state index is 11.3. The Bertz CT molecular complexity index is 889. The minimum atomic E-state index is -0.223. The number of nitrogens with zero attached hydrogens (tertiary/aromatic N) is 2. The van der Waals surface area contributed by atoms with Gasteiger partial charge in [0.15, 0.2) is 0 Å². The molecule has 6 nitrogen and oxygen atoms in total. The Morgan fingerprint density at radius 1 is 1.39 bits per heavy atom. The van der Waals surface area contributed by atoms with E-state index in [0.29, 0.717) is 17.4 Å². The van der Waals surface area contributed by atoms with Crippen LogP contribution in [0.15, 0.2) is 64.8 Å². The molecule has 0 bridgehead atoms. The van der Waals surface area contributed by atoms with E-state index in [4.69, 9.17) is 11.6 Å². The van der Waals surface area contributed by atoms with E-state index < -0.39 is 0 Å². The highest BCUT2D eigenvalue weighted by Gasteiger charge is 2.18. The molecule has 0 aliphatic carbocycles. The number of allylic oxidation sites excluding steroid dienone is 1. The van der Waals surface area contributed by atoms with Crippen LogP contribution in [0.4, 0.5) is 0 Å². The van der Waals surface area contributed by atoms with Crippen LogP contribution in [0.2, 0.25) is 5.15 Å². The third kappa shape index (κ3) is 5.42. The van der Waals surface area contributed by atoms with E-state index in [9.17, 15) is 9.90 Å². The molecular weight excluding hydrogens is 396 g/mol. The molecule has 0 radical (unpaired) electrons. The second kappa shape index (κ2) is 9.84. The fourth-order valence-corrected chi connectivity index (χ4v) is 3.86. The molecule has 8 heteroatoms. The van der Waals surface area contributed by atoms with Gasteiger partial charge >= 0.3 is 0 Å². The Morgan fingerprint density at radius 2 is 2.18 bits per heavy atom. The molecule has 1 aliphatic heterocycles. The first-order chi connectivity index (χ1) is 13.6. The number of carbonyl (C=O) groups is 1. The van der Waals surface area contributed by atoms with Crippen molar-refractivity contribution in [3.8, 4) is 0 Å². The minimum Gasteiger partial charge on any atom is -0.394 e. The molecule has 1 aromatic carbocycles. The molecule has 146 valence electrons. The maximum atomic E-state index is 11.3. The van der Waals surface area contributed by atoms with Crippen molar-refractivity contribution >= 4 is 35.3 Å². The molecule has 2 atom stereocenters. The van der Waals surface area contributed by atoms with Crippen LogP contribution in [0.25, 0.3) is 0 Å². The Hall–Kier alpha value is -2.19. The SMILES string of the molecule is CC(=O)NC1=NC=CC(c2cnc(Cl)c(SNC(CO)c3ccccc3)c2)C1. The fraction of sp³-hybridized carbons (Fsp3) is 0.250. The molecule has 1 aliphatic rings. The van der Waals surface area contributed by atoms with Crippen molar-refractivity contribution in [2.24, 2.45) is 4.99 Å². The zero-order chi connectivity index (χ0) is 19.9. The number of aliphatic hydroxyl groups is 1. The number of aliphatic imine (C=N–C) groups is 1. The molecule has 0 saturated heterocycles. The topological polar surface area (TPSA) is 86.6 Å². The van der Waals surface area contributed by atoms with E-state index in [1.165, 1.54) is 18.9 Å². The number of amidine groups is 1. The number of pyridine rings is 1. The Morgan fingerprint density at radius 3 is 2.89 bits per heavy atom. The predicted octanol–water partition coefficient (Wildman–Crippen LogP) is 3.60. The Kier molecular flexibility index (Phi) is 7.22. The second-order valence-electron chi connectivity index (χ2n) is 6.33. The van der Waals surface area contributed by atoms with Gasteiger partial charge in [-0.05, 0) is 29.1 Å². The van der Waals surface area contributed by atoms with Crippen molar-refractivity contribution in [3.63, 3.8) is 0 Å². The number of aromatic nitrogens is 1. The first kappa shape index (κ1) is 20.5. The number of benzene rings is 1. The van der Waals surface area contributed by atoms with Crippen LogP contribution in [0.3, 0.4) is 0 Å². The first-order valence-electron chi connectivity index (χ1n) is 8.81. The summed E-state index contributed by atoms with van der Waals surface area (Å²) in [7, 11) is 0. The monoisotopic (exact) mass is 416 g/mol. The first-order valence-corrected chi connectivity index (χ1v) is 10.0. The summed E-state index contributed by atoms with van der Waals surface area (Å²) in [5.74, 6) is 0.538. The molecule has 0 fully saturated rings. The van der Waals surface area contributed by atoms with E-state index in [2.05, 4.69) is 20.0 Å². The molecule has 2 heterocycles. The van der Waals surface area contributed by atoms with E-state index in [1.54, 1.807) is 12.4 Å². The molecule has 1 amide bonds. The summed E-state index contributed by atoms with van der Waals surface area (Å²) >= 11 is 7.61. The van der Waals surface area contributed by atoms with Gasteiger partial charge in [0.1, 0.15) is 11.0 Å². The van der Waals surface area contributed by atoms with Crippen LogP contribution in [-0.4, -0.2) is 28.4 Å². The quantitative estimate of drug-likeness (QED) is 0.494. The molecule has 3 rings (SSSR count). The van der Waals surface area contributed by atoms with Gasteiger partial charge in [-0.1, -0.05) is 48.0 Å².